The van der Waals surface area contributed by atoms with Gasteiger partial charge in [0.05, 0.1) is 23.7 Å². The fraction of sp³-hybridized carbons (Fsp3) is 0.241. The Hall–Kier alpha value is -3.15. The number of carbonyl (C=O) groups is 1. The summed E-state index contributed by atoms with van der Waals surface area (Å²) in [4.78, 5) is 20.6. The van der Waals surface area contributed by atoms with Crippen molar-refractivity contribution < 1.29 is 9.53 Å². The Balaban J connectivity index is 1.63. The number of carbonyl (C=O) groups excluding carboxylic acids is 1. The van der Waals surface area contributed by atoms with Gasteiger partial charge in [0.2, 0.25) is 0 Å². The van der Waals surface area contributed by atoms with Crippen LogP contribution in [0.2, 0.25) is 0 Å². The number of amides is 1. The van der Waals surface area contributed by atoms with Crippen molar-refractivity contribution in [2.24, 2.45) is 4.99 Å². The summed E-state index contributed by atoms with van der Waals surface area (Å²) in [6.07, 6.45) is 1.93. The monoisotopic (exact) mass is 470 g/mol. The smallest absolute Gasteiger partial charge is 0.271 e. The van der Waals surface area contributed by atoms with E-state index in [0.29, 0.717) is 23.2 Å². The molecule has 0 unspecified atom stereocenters. The molecule has 0 N–H and O–H groups in total. The number of hydrogen-bond acceptors (Lipinski definition) is 4. The van der Waals surface area contributed by atoms with Gasteiger partial charge in [-0.1, -0.05) is 81.4 Å². The van der Waals surface area contributed by atoms with Crippen LogP contribution in [0.1, 0.15) is 43.0 Å². The predicted molar refractivity (Wildman–Crippen MR) is 143 cm³/mol. The van der Waals surface area contributed by atoms with E-state index < -0.39 is 0 Å². The van der Waals surface area contributed by atoms with Crippen LogP contribution in [0.4, 0.5) is 5.69 Å². The number of ether oxygens (including phenoxy) is 1. The van der Waals surface area contributed by atoms with Gasteiger partial charge in [0.25, 0.3) is 5.91 Å². The van der Waals surface area contributed by atoms with E-state index in [1.54, 1.807) is 12.0 Å². The first-order chi connectivity index (χ1) is 16.3. The van der Waals surface area contributed by atoms with Crippen molar-refractivity contribution >= 4 is 34.6 Å². The molecule has 3 aromatic rings. The van der Waals surface area contributed by atoms with E-state index >= 15 is 0 Å². The number of benzene rings is 3. The minimum Gasteiger partial charge on any atom is -0.380 e. The molecule has 0 atom stereocenters. The summed E-state index contributed by atoms with van der Waals surface area (Å²) in [6, 6.07) is 26.3. The third-order valence-corrected chi connectivity index (χ3v) is 6.60. The van der Waals surface area contributed by atoms with Crippen molar-refractivity contribution in [3.8, 4) is 0 Å². The van der Waals surface area contributed by atoms with Gasteiger partial charge in [-0.05, 0) is 63.7 Å². The first-order valence-electron chi connectivity index (χ1n) is 11.4. The lowest BCUT2D eigenvalue weighted by molar-refractivity contribution is -0.113. The van der Waals surface area contributed by atoms with Crippen LogP contribution in [0.25, 0.3) is 6.08 Å². The molecule has 1 aliphatic rings. The summed E-state index contributed by atoms with van der Waals surface area (Å²) in [7, 11) is 1.68. The Kier molecular flexibility index (Phi) is 7.35. The first-order valence-corrected chi connectivity index (χ1v) is 12.2. The number of aliphatic imine (C=N–C) groups is 1. The Morgan fingerprint density at radius 3 is 2.35 bits per heavy atom. The van der Waals surface area contributed by atoms with Crippen LogP contribution >= 0.6 is 11.8 Å². The molecule has 3 aromatic carbocycles. The van der Waals surface area contributed by atoms with Crippen LogP contribution in [0, 0.1) is 0 Å². The van der Waals surface area contributed by atoms with Gasteiger partial charge in [-0.2, -0.15) is 0 Å². The molecule has 1 saturated heterocycles. The van der Waals surface area contributed by atoms with Crippen LogP contribution < -0.4 is 4.90 Å². The van der Waals surface area contributed by atoms with Gasteiger partial charge in [-0.3, -0.25) is 14.7 Å². The number of hydrogen-bond donors (Lipinski definition) is 0. The number of methoxy groups -OCH3 is 1. The van der Waals surface area contributed by atoms with Crippen LogP contribution in [-0.4, -0.2) is 18.2 Å². The molecule has 0 aromatic heterocycles. The van der Waals surface area contributed by atoms with Gasteiger partial charge < -0.3 is 4.74 Å². The van der Waals surface area contributed by atoms with E-state index in [4.69, 9.17) is 9.73 Å². The van der Waals surface area contributed by atoms with Crippen molar-refractivity contribution in [2.75, 3.05) is 12.0 Å². The number of nitrogens with zero attached hydrogens (tertiary/aromatic N) is 2. The molecule has 174 valence electrons. The molecule has 1 heterocycles. The van der Waals surface area contributed by atoms with Crippen LogP contribution in [0.15, 0.2) is 88.8 Å². The molecule has 0 spiro atoms. The summed E-state index contributed by atoms with van der Waals surface area (Å²) < 4.78 is 5.25. The van der Waals surface area contributed by atoms with E-state index in [0.717, 1.165) is 22.4 Å². The highest BCUT2D eigenvalue weighted by atomic mass is 32.2. The quantitative estimate of drug-likeness (QED) is 0.372. The van der Waals surface area contributed by atoms with Crippen LogP contribution in [0.5, 0.6) is 0 Å². The molecule has 4 nitrogen and oxygen atoms in total. The Morgan fingerprint density at radius 1 is 0.941 bits per heavy atom. The van der Waals surface area contributed by atoms with E-state index in [1.165, 1.54) is 17.3 Å². The predicted octanol–water partition coefficient (Wildman–Crippen LogP) is 6.81. The number of thioether (sulfide) groups is 1. The van der Waals surface area contributed by atoms with Crippen molar-refractivity contribution in [1.29, 1.82) is 0 Å². The fourth-order valence-corrected chi connectivity index (χ4v) is 4.72. The van der Waals surface area contributed by atoms with Gasteiger partial charge in [-0.15, -0.1) is 0 Å². The van der Waals surface area contributed by atoms with Crippen molar-refractivity contribution in [3.05, 3.63) is 106 Å². The second-order valence-electron chi connectivity index (χ2n) is 9.31. The van der Waals surface area contributed by atoms with Gasteiger partial charge in [0.1, 0.15) is 0 Å². The van der Waals surface area contributed by atoms with Gasteiger partial charge in [-0.25, -0.2) is 0 Å². The van der Waals surface area contributed by atoms with Crippen molar-refractivity contribution in [2.45, 2.75) is 39.3 Å². The molecule has 0 bridgehead atoms. The SMILES string of the molecule is COCc1cccc(C=C2SC(=NCc3ccc(C(C)(C)C)cc3)N(c3ccccc3)C2=O)c1. The maximum Gasteiger partial charge on any atom is 0.271 e. The van der Waals surface area contributed by atoms with Crippen LogP contribution in [-0.2, 0) is 28.1 Å². The molecular formula is C29H30N2O2S. The number of amidine groups is 1. The highest BCUT2D eigenvalue weighted by molar-refractivity contribution is 8.19. The number of para-hydroxylation sites is 1. The minimum absolute atomic E-state index is 0.0600. The lowest BCUT2D eigenvalue weighted by atomic mass is 9.87. The molecule has 34 heavy (non-hydrogen) atoms. The van der Waals surface area contributed by atoms with E-state index in [-0.39, 0.29) is 11.3 Å². The average molecular weight is 471 g/mol. The summed E-state index contributed by atoms with van der Waals surface area (Å²) >= 11 is 1.42. The summed E-state index contributed by atoms with van der Waals surface area (Å²) in [5, 5.41) is 0.690. The third-order valence-electron chi connectivity index (χ3n) is 5.60. The zero-order chi connectivity index (χ0) is 24.1. The second kappa shape index (κ2) is 10.4. The fourth-order valence-electron chi connectivity index (χ4n) is 3.74. The molecule has 1 fully saturated rings. The minimum atomic E-state index is -0.0600. The topological polar surface area (TPSA) is 41.9 Å². The molecule has 1 amide bonds. The first kappa shape index (κ1) is 24.0. The summed E-state index contributed by atoms with van der Waals surface area (Å²) in [6.45, 7) is 7.67. The summed E-state index contributed by atoms with van der Waals surface area (Å²) in [5.74, 6) is -0.0600. The maximum atomic E-state index is 13.4. The van der Waals surface area contributed by atoms with Crippen molar-refractivity contribution in [1.82, 2.24) is 0 Å². The Morgan fingerprint density at radius 2 is 1.68 bits per heavy atom. The average Bonchev–Trinajstić information content (AvgIpc) is 3.13. The molecule has 4 rings (SSSR count). The normalized spacial score (nSPS) is 16.6. The summed E-state index contributed by atoms with van der Waals surface area (Å²) in [5.41, 5.74) is 5.38. The second-order valence-corrected chi connectivity index (χ2v) is 10.3. The highest BCUT2D eigenvalue weighted by Crippen LogP contribution is 2.36. The maximum absolute atomic E-state index is 13.4. The Bertz CT molecular complexity index is 1210. The third kappa shape index (κ3) is 5.66. The standard InChI is InChI=1S/C29H30N2O2S/c1-29(2,3)24-15-13-21(14-16-24)19-30-28-31(25-11-6-5-7-12-25)27(32)26(34-28)18-22-9-8-10-23(17-22)20-33-4/h5-18H,19-20H2,1-4H3. The van der Waals surface area contributed by atoms with E-state index in [2.05, 4.69) is 45.0 Å². The molecule has 0 radical (unpaired) electrons. The zero-order valence-corrected chi connectivity index (χ0v) is 20.9. The molecular weight excluding hydrogens is 440 g/mol. The highest BCUT2D eigenvalue weighted by Gasteiger charge is 2.34. The number of anilines is 1. The van der Waals surface area contributed by atoms with Gasteiger partial charge >= 0.3 is 0 Å². The van der Waals surface area contributed by atoms with E-state index in [9.17, 15) is 4.79 Å². The molecule has 0 aliphatic carbocycles. The van der Waals surface area contributed by atoms with Gasteiger partial charge in [0, 0.05) is 7.11 Å². The van der Waals surface area contributed by atoms with E-state index in [1.807, 2.05) is 60.7 Å². The van der Waals surface area contributed by atoms with Gasteiger partial charge in [0.15, 0.2) is 5.17 Å². The molecule has 5 heteroatoms. The molecule has 0 saturated carbocycles. The zero-order valence-electron chi connectivity index (χ0n) is 20.1. The number of rotatable bonds is 6. The largest absolute Gasteiger partial charge is 0.380 e. The lowest BCUT2D eigenvalue weighted by Gasteiger charge is -2.19. The van der Waals surface area contributed by atoms with Crippen molar-refractivity contribution in [3.63, 3.8) is 0 Å². The molecule has 1 aliphatic heterocycles. The Labute approximate surface area is 206 Å². The lowest BCUT2D eigenvalue weighted by Crippen LogP contribution is -2.28. The van der Waals surface area contributed by atoms with Crippen LogP contribution in [0.3, 0.4) is 0 Å².